The molecular formula is C15H18N4O5S. The van der Waals surface area contributed by atoms with Gasteiger partial charge in [0.05, 0.1) is 11.4 Å². The predicted molar refractivity (Wildman–Crippen MR) is 92.0 cm³/mol. The number of thiol groups is 1. The van der Waals surface area contributed by atoms with Crippen LogP contribution in [0.2, 0.25) is 0 Å². The van der Waals surface area contributed by atoms with Gasteiger partial charge < -0.3 is 9.64 Å². The van der Waals surface area contributed by atoms with Crippen LogP contribution >= 0.6 is 12.6 Å². The summed E-state index contributed by atoms with van der Waals surface area (Å²) >= 11 is 4.20. The maximum atomic E-state index is 11.4. The van der Waals surface area contributed by atoms with Crippen LogP contribution in [0.4, 0.5) is 0 Å². The van der Waals surface area contributed by atoms with Crippen molar-refractivity contribution in [3.8, 4) is 0 Å². The highest BCUT2D eigenvalue weighted by Crippen LogP contribution is 2.22. The molecule has 1 saturated heterocycles. The van der Waals surface area contributed by atoms with Gasteiger partial charge in [-0.15, -0.1) is 0 Å². The summed E-state index contributed by atoms with van der Waals surface area (Å²) in [5, 5.41) is 16.6. The van der Waals surface area contributed by atoms with Gasteiger partial charge in [-0.25, -0.2) is 14.9 Å². The van der Waals surface area contributed by atoms with E-state index in [1.807, 2.05) is 12.1 Å². The number of carbonyl (C=O) groups excluding carboxylic acids is 2. The molecule has 9 nitrogen and oxygen atoms in total. The Balaban J connectivity index is 0.000000194. The number of nitrogens with zero attached hydrogens (tertiary/aromatic N) is 2. The predicted octanol–water partition coefficient (Wildman–Crippen LogP) is 1.02. The minimum atomic E-state index is -0.883. The molecule has 3 aliphatic heterocycles. The van der Waals surface area contributed by atoms with Gasteiger partial charge in [-0.1, -0.05) is 17.6 Å². The second kappa shape index (κ2) is 7.97. The number of nitrogens with one attached hydrogen (secondary N) is 2. The van der Waals surface area contributed by atoms with Crippen molar-refractivity contribution in [2.24, 2.45) is 0 Å². The first-order chi connectivity index (χ1) is 11.8. The second-order valence-electron chi connectivity index (χ2n) is 5.65. The van der Waals surface area contributed by atoms with Crippen LogP contribution in [-0.2, 0) is 16.1 Å². The first-order valence-electron chi connectivity index (χ1n) is 7.48. The molecule has 1 amide bonds. The molecule has 2 bridgehead atoms. The molecule has 2 N–H and O–H groups in total. The Bertz CT molecular complexity index is 694. The summed E-state index contributed by atoms with van der Waals surface area (Å²) in [6, 6.07) is 6.71. The molecule has 0 aliphatic carbocycles. The van der Waals surface area contributed by atoms with E-state index in [0.29, 0.717) is 25.1 Å². The number of hydrazine groups is 1. The molecule has 0 spiro atoms. The molecule has 1 aromatic carbocycles. The third-order valence-corrected chi connectivity index (χ3v) is 4.15. The van der Waals surface area contributed by atoms with Crippen molar-refractivity contribution in [2.75, 3.05) is 6.54 Å². The molecule has 0 radical (unpaired) electrons. The molecule has 2 unspecified atom stereocenters. The Morgan fingerprint density at radius 2 is 2.08 bits per heavy atom. The van der Waals surface area contributed by atoms with Crippen LogP contribution < -0.4 is 5.43 Å². The number of rotatable bonds is 2. The van der Waals surface area contributed by atoms with Crippen molar-refractivity contribution >= 4 is 30.3 Å². The monoisotopic (exact) mass is 366 g/mol. The van der Waals surface area contributed by atoms with Crippen molar-refractivity contribution in [1.82, 2.24) is 10.3 Å². The van der Waals surface area contributed by atoms with Gasteiger partial charge in [-0.3, -0.25) is 10.2 Å². The van der Waals surface area contributed by atoms with Crippen LogP contribution in [-0.4, -0.2) is 45.5 Å². The summed E-state index contributed by atoms with van der Waals surface area (Å²) in [5.74, 6) is -0.696. The third kappa shape index (κ3) is 4.92. The average Bonchev–Trinajstić information content (AvgIpc) is 2.77. The van der Waals surface area contributed by atoms with Crippen LogP contribution in [0.3, 0.4) is 0 Å². The van der Waals surface area contributed by atoms with Gasteiger partial charge in [0.25, 0.3) is 0 Å². The number of fused-ring (bicyclic) bond motifs is 4. The van der Waals surface area contributed by atoms with E-state index < -0.39 is 17.0 Å². The number of hydrogen-bond acceptors (Lipinski definition) is 7. The second-order valence-corrected chi connectivity index (χ2v) is 6.38. The zero-order valence-electron chi connectivity index (χ0n) is 13.5. The average molecular weight is 366 g/mol. The summed E-state index contributed by atoms with van der Waals surface area (Å²) in [6.45, 7) is 2.42. The van der Waals surface area contributed by atoms with Crippen LogP contribution in [0.5, 0.6) is 0 Å². The number of benzene rings is 1. The van der Waals surface area contributed by atoms with Gasteiger partial charge in [0.2, 0.25) is 0 Å². The largest absolute Gasteiger partial charge is 0.457 e. The summed E-state index contributed by atoms with van der Waals surface area (Å²) in [4.78, 5) is 33.9. The molecule has 1 fully saturated rings. The lowest BCUT2D eigenvalue weighted by molar-refractivity contribution is -0.530. The lowest BCUT2D eigenvalue weighted by Gasteiger charge is -2.22. The van der Waals surface area contributed by atoms with Gasteiger partial charge >= 0.3 is 11.9 Å². The molecule has 25 heavy (non-hydrogen) atoms. The fourth-order valence-electron chi connectivity index (χ4n) is 2.57. The lowest BCUT2D eigenvalue weighted by Crippen LogP contribution is -2.46. The minimum Gasteiger partial charge on any atom is -0.457 e. The lowest BCUT2D eigenvalue weighted by atomic mass is 10.2. The van der Waals surface area contributed by atoms with Gasteiger partial charge in [0.15, 0.2) is 5.03 Å². The number of nitro groups is 1. The number of esters is 1. The van der Waals surface area contributed by atoms with E-state index in [1.54, 1.807) is 17.6 Å². The van der Waals surface area contributed by atoms with E-state index in [9.17, 15) is 19.7 Å². The Labute approximate surface area is 149 Å². The van der Waals surface area contributed by atoms with E-state index in [4.69, 9.17) is 10.1 Å². The van der Waals surface area contributed by atoms with Crippen LogP contribution in [0.25, 0.3) is 0 Å². The Morgan fingerprint density at radius 3 is 2.64 bits per heavy atom. The zero-order chi connectivity index (χ0) is 18.6. The van der Waals surface area contributed by atoms with Crippen LogP contribution in [0.1, 0.15) is 29.3 Å². The topological polar surface area (TPSA) is 126 Å². The van der Waals surface area contributed by atoms with Crippen molar-refractivity contribution in [3.63, 3.8) is 0 Å². The van der Waals surface area contributed by atoms with Crippen molar-refractivity contribution in [2.45, 2.75) is 31.2 Å². The number of ether oxygens (including phenoxy) is 1. The van der Waals surface area contributed by atoms with Crippen LogP contribution in [0, 0.1) is 15.5 Å². The molecule has 4 rings (SSSR count). The highest BCUT2D eigenvalue weighted by molar-refractivity contribution is 7.81. The van der Waals surface area contributed by atoms with E-state index in [-0.39, 0.29) is 17.1 Å². The number of carbonyl (C=O) groups is 2. The van der Waals surface area contributed by atoms with Crippen molar-refractivity contribution in [3.05, 3.63) is 45.5 Å². The zero-order valence-corrected chi connectivity index (χ0v) is 14.4. The molecule has 134 valence electrons. The smallest absolute Gasteiger partial charge is 0.338 e. The Kier molecular flexibility index (Phi) is 5.97. The highest BCUT2D eigenvalue weighted by Gasteiger charge is 2.37. The summed E-state index contributed by atoms with van der Waals surface area (Å²) < 4.78 is 4.85. The van der Waals surface area contributed by atoms with E-state index in [2.05, 4.69) is 12.6 Å². The molecule has 10 heteroatoms. The molecule has 0 saturated carbocycles. The Morgan fingerprint density at radius 1 is 1.44 bits per heavy atom. The number of hydrogen-bond donors (Lipinski definition) is 3. The fraction of sp³-hybridized carbons (Fsp3) is 0.400. The normalized spacial score (nSPS) is 20.9. The number of likely N-dealkylation sites (tertiary alicyclic amines) is 1. The SMILES string of the molecule is CC(=N)N1CC(S)CC1C(=O)N[N+](=O)[O-].O=C1OCc2ccc1cc2. The first-order valence-corrected chi connectivity index (χ1v) is 8.00. The summed E-state index contributed by atoms with van der Waals surface area (Å²) in [6.07, 6.45) is 0.416. The van der Waals surface area contributed by atoms with E-state index >= 15 is 0 Å². The molecule has 0 aromatic heterocycles. The van der Waals surface area contributed by atoms with Gasteiger partial charge in [0, 0.05) is 11.8 Å². The summed E-state index contributed by atoms with van der Waals surface area (Å²) in [7, 11) is 0. The number of amides is 1. The number of amidine groups is 1. The van der Waals surface area contributed by atoms with Crippen LogP contribution in [0.15, 0.2) is 24.3 Å². The molecule has 3 aliphatic rings. The molecule has 2 atom stereocenters. The van der Waals surface area contributed by atoms with Crippen molar-refractivity contribution in [1.29, 1.82) is 5.41 Å². The highest BCUT2D eigenvalue weighted by atomic mass is 32.1. The minimum absolute atomic E-state index is 0.0344. The van der Waals surface area contributed by atoms with E-state index in [1.165, 1.54) is 11.8 Å². The van der Waals surface area contributed by atoms with Gasteiger partial charge in [0.1, 0.15) is 12.6 Å². The van der Waals surface area contributed by atoms with Gasteiger partial charge in [-0.05, 0) is 31.0 Å². The first kappa shape index (κ1) is 18.7. The maximum Gasteiger partial charge on any atom is 0.338 e. The Hall–Kier alpha value is -2.62. The molecular weight excluding hydrogens is 348 g/mol. The maximum absolute atomic E-state index is 11.4. The molecule has 1 aromatic rings. The fourth-order valence-corrected chi connectivity index (χ4v) is 2.94. The van der Waals surface area contributed by atoms with Gasteiger partial charge in [-0.2, -0.15) is 12.6 Å². The standard InChI is InChI=1S/C8H6O2.C7H12N4O3S/c9-8-7-3-1-6(2-4-7)5-10-8;1-4(8)10-3-5(15)2-6(10)7(12)9-11(13)14/h1-4H,5H2;5-6,8,15H,2-3H2,1H3,(H,9,12). The quantitative estimate of drug-likeness (QED) is 0.179. The van der Waals surface area contributed by atoms with E-state index in [0.717, 1.165) is 5.56 Å². The summed E-state index contributed by atoms with van der Waals surface area (Å²) in [5.41, 5.74) is 3.29. The molecule has 3 heterocycles. The third-order valence-electron chi connectivity index (χ3n) is 3.77. The van der Waals surface area contributed by atoms with Crippen molar-refractivity contribution < 1.29 is 19.4 Å².